The predicted molar refractivity (Wildman–Crippen MR) is 62.9 cm³/mol. The predicted octanol–water partition coefficient (Wildman–Crippen LogP) is 2.58. The summed E-state index contributed by atoms with van der Waals surface area (Å²) in [5, 5.41) is 3.29. The molecular weight excluding hydrogens is 258 g/mol. The maximum absolute atomic E-state index is 11.2. The second-order valence-electron chi connectivity index (χ2n) is 3.16. The van der Waals surface area contributed by atoms with Gasteiger partial charge in [0.1, 0.15) is 0 Å². The van der Waals surface area contributed by atoms with Crippen LogP contribution in [0.3, 0.4) is 0 Å². The molecule has 0 aliphatic rings. The van der Waals surface area contributed by atoms with E-state index in [-0.39, 0.29) is 5.78 Å². The standard InChI is InChI=1S/C11H12BrNO2/c1-8(14)11(15-13-2)7-9-3-5-10(12)6-4-9/h3-6,11H,2,7H2,1H3. The van der Waals surface area contributed by atoms with Gasteiger partial charge in [0, 0.05) is 17.6 Å². The lowest BCUT2D eigenvalue weighted by Crippen LogP contribution is -2.22. The molecule has 0 bridgehead atoms. The molecule has 3 nitrogen and oxygen atoms in total. The van der Waals surface area contributed by atoms with E-state index in [9.17, 15) is 4.79 Å². The van der Waals surface area contributed by atoms with E-state index in [4.69, 9.17) is 4.84 Å². The first-order valence-electron chi connectivity index (χ1n) is 4.50. The zero-order valence-corrected chi connectivity index (χ0v) is 10.0. The summed E-state index contributed by atoms with van der Waals surface area (Å²) in [6.07, 6.45) is -0.0228. The highest BCUT2D eigenvalue weighted by Crippen LogP contribution is 2.13. The number of rotatable bonds is 5. The second-order valence-corrected chi connectivity index (χ2v) is 4.08. The molecule has 80 valence electrons. The largest absolute Gasteiger partial charge is 0.385 e. The van der Waals surface area contributed by atoms with Crippen LogP contribution in [-0.4, -0.2) is 18.6 Å². The van der Waals surface area contributed by atoms with Crippen molar-refractivity contribution < 1.29 is 9.63 Å². The molecule has 1 unspecified atom stereocenters. The number of Topliss-reactive ketones (excluding diaryl/α,β-unsaturated/α-hetero) is 1. The zero-order chi connectivity index (χ0) is 11.3. The van der Waals surface area contributed by atoms with E-state index in [0.29, 0.717) is 6.42 Å². The number of carbonyl (C=O) groups excluding carboxylic acids is 1. The fourth-order valence-corrected chi connectivity index (χ4v) is 1.44. The minimum atomic E-state index is -0.538. The van der Waals surface area contributed by atoms with E-state index in [0.717, 1.165) is 10.0 Å². The first kappa shape index (κ1) is 11.9. The number of halogens is 1. The molecule has 0 heterocycles. The van der Waals surface area contributed by atoms with Crippen LogP contribution in [0.5, 0.6) is 0 Å². The third-order valence-electron chi connectivity index (χ3n) is 1.99. The Morgan fingerprint density at radius 3 is 2.60 bits per heavy atom. The van der Waals surface area contributed by atoms with Crippen molar-refractivity contribution in [3.63, 3.8) is 0 Å². The van der Waals surface area contributed by atoms with Crippen molar-refractivity contribution in [3.8, 4) is 0 Å². The average Bonchev–Trinajstić information content (AvgIpc) is 2.20. The van der Waals surface area contributed by atoms with Crippen LogP contribution in [0.2, 0.25) is 0 Å². The highest BCUT2D eigenvalue weighted by molar-refractivity contribution is 9.10. The molecule has 0 amide bonds. The maximum atomic E-state index is 11.2. The van der Waals surface area contributed by atoms with Crippen LogP contribution in [0.25, 0.3) is 0 Å². The molecule has 4 heteroatoms. The molecule has 1 aromatic carbocycles. The summed E-state index contributed by atoms with van der Waals surface area (Å²) in [6.45, 7) is 4.69. The number of oxime groups is 1. The van der Waals surface area contributed by atoms with E-state index in [1.54, 1.807) is 0 Å². The Labute approximate surface area is 97.2 Å². The van der Waals surface area contributed by atoms with Gasteiger partial charge in [-0.15, -0.1) is 5.16 Å². The summed E-state index contributed by atoms with van der Waals surface area (Å²) in [4.78, 5) is 16.1. The summed E-state index contributed by atoms with van der Waals surface area (Å²) < 4.78 is 1.01. The fraction of sp³-hybridized carbons (Fsp3) is 0.273. The quantitative estimate of drug-likeness (QED) is 0.609. The average molecular weight is 270 g/mol. The van der Waals surface area contributed by atoms with E-state index in [1.807, 2.05) is 24.3 Å². The van der Waals surface area contributed by atoms with Gasteiger partial charge in [-0.05, 0) is 24.6 Å². The normalized spacial score (nSPS) is 11.9. The zero-order valence-electron chi connectivity index (χ0n) is 8.44. The van der Waals surface area contributed by atoms with Crippen LogP contribution in [0.15, 0.2) is 33.9 Å². The van der Waals surface area contributed by atoms with Gasteiger partial charge in [-0.1, -0.05) is 28.1 Å². The minimum absolute atomic E-state index is 0.0506. The third-order valence-corrected chi connectivity index (χ3v) is 2.52. The fourth-order valence-electron chi connectivity index (χ4n) is 1.18. The lowest BCUT2D eigenvalue weighted by molar-refractivity contribution is -0.128. The monoisotopic (exact) mass is 269 g/mol. The van der Waals surface area contributed by atoms with E-state index in [1.165, 1.54) is 6.92 Å². The van der Waals surface area contributed by atoms with Crippen LogP contribution in [0.4, 0.5) is 0 Å². The van der Waals surface area contributed by atoms with E-state index in [2.05, 4.69) is 27.8 Å². The Bertz CT molecular complexity index is 348. The Balaban J connectivity index is 2.69. The van der Waals surface area contributed by atoms with Gasteiger partial charge in [-0.2, -0.15) is 0 Å². The highest BCUT2D eigenvalue weighted by atomic mass is 79.9. The van der Waals surface area contributed by atoms with Crippen molar-refractivity contribution in [1.82, 2.24) is 0 Å². The van der Waals surface area contributed by atoms with Crippen molar-refractivity contribution in [3.05, 3.63) is 34.3 Å². The van der Waals surface area contributed by atoms with Gasteiger partial charge in [-0.3, -0.25) is 4.79 Å². The van der Waals surface area contributed by atoms with Crippen molar-refractivity contribution in [2.75, 3.05) is 0 Å². The highest BCUT2D eigenvalue weighted by Gasteiger charge is 2.15. The molecule has 0 fully saturated rings. The molecule has 0 saturated carbocycles. The molecule has 0 spiro atoms. The summed E-state index contributed by atoms with van der Waals surface area (Å²) >= 11 is 3.34. The van der Waals surface area contributed by atoms with Crippen LogP contribution >= 0.6 is 15.9 Å². The number of hydrogen-bond acceptors (Lipinski definition) is 3. The van der Waals surface area contributed by atoms with Crippen molar-refractivity contribution in [2.45, 2.75) is 19.4 Å². The van der Waals surface area contributed by atoms with Crippen LogP contribution in [0.1, 0.15) is 12.5 Å². The molecule has 0 N–H and O–H groups in total. The molecule has 0 radical (unpaired) electrons. The Morgan fingerprint density at radius 1 is 1.53 bits per heavy atom. The molecule has 0 aromatic heterocycles. The van der Waals surface area contributed by atoms with Gasteiger partial charge < -0.3 is 4.84 Å². The lowest BCUT2D eigenvalue weighted by Gasteiger charge is -2.11. The first-order chi connectivity index (χ1) is 7.13. The Kier molecular flexibility index (Phi) is 4.49. The summed E-state index contributed by atoms with van der Waals surface area (Å²) in [6, 6.07) is 7.72. The minimum Gasteiger partial charge on any atom is -0.385 e. The van der Waals surface area contributed by atoms with E-state index < -0.39 is 6.10 Å². The molecule has 1 atom stereocenters. The molecule has 15 heavy (non-hydrogen) atoms. The number of carbonyl (C=O) groups is 1. The van der Waals surface area contributed by atoms with Crippen molar-refractivity contribution >= 4 is 28.4 Å². The molecule has 0 aliphatic carbocycles. The van der Waals surface area contributed by atoms with Crippen LogP contribution in [0, 0.1) is 0 Å². The number of nitrogens with zero attached hydrogens (tertiary/aromatic N) is 1. The van der Waals surface area contributed by atoms with E-state index >= 15 is 0 Å². The number of benzene rings is 1. The van der Waals surface area contributed by atoms with Gasteiger partial charge >= 0.3 is 0 Å². The van der Waals surface area contributed by atoms with Crippen molar-refractivity contribution in [1.29, 1.82) is 0 Å². The van der Waals surface area contributed by atoms with Crippen molar-refractivity contribution in [2.24, 2.45) is 5.16 Å². The Hall–Kier alpha value is -1.16. The molecular formula is C11H12BrNO2. The topological polar surface area (TPSA) is 38.7 Å². The number of hydrogen-bond donors (Lipinski definition) is 0. The third kappa shape index (κ3) is 3.83. The summed E-state index contributed by atoms with van der Waals surface area (Å²) in [7, 11) is 0. The summed E-state index contributed by atoms with van der Waals surface area (Å²) in [5.74, 6) is -0.0506. The molecule has 1 aromatic rings. The molecule has 0 aliphatic heterocycles. The second kappa shape index (κ2) is 5.66. The SMILES string of the molecule is C=NOC(Cc1ccc(Br)cc1)C(C)=O. The Morgan fingerprint density at radius 2 is 2.13 bits per heavy atom. The van der Waals surface area contributed by atoms with Crippen LogP contribution in [-0.2, 0) is 16.1 Å². The van der Waals surface area contributed by atoms with Gasteiger partial charge in [0.15, 0.2) is 11.9 Å². The molecule has 1 rings (SSSR count). The van der Waals surface area contributed by atoms with Crippen LogP contribution < -0.4 is 0 Å². The van der Waals surface area contributed by atoms with Gasteiger partial charge in [-0.25, -0.2) is 0 Å². The smallest absolute Gasteiger partial charge is 0.188 e. The maximum Gasteiger partial charge on any atom is 0.188 e. The van der Waals surface area contributed by atoms with Gasteiger partial charge in [0.05, 0.1) is 0 Å². The van der Waals surface area contributed by atoms with Gasteiger partial charge in [0.2, 0.25) is 0 Å². The lowest BCUT2D eigenvalue weighted by atomic mass is 10.1. The summed E-state index contributed by atoms with van der Waals surface area (Å²) in [5.41, 5.74) is 1.03. The molecule has 0 saturated heterocycles. The van der Waals surface area contributed by atoms with Gasteiger partial charge in [0.25, 0.3) is 0 Å². The number of ketones is 1. The first-order valence-corrected chi connectivity index (χ1v) is 5.29.